The number of rotatable bonds is 6. The molecule has 0 saturated heterocycles. The lowest BCUT2D eigenvalue weighted by Crippen LogP contribution is -2.31. The normalized spacial score (nSPS) is 14.8. The van der Waals surface area contributed by atoms with E-state index in [1.165, 1.54) is 14.2 Å². The number of likely N-dealkylation sites (N-methyl/N-ethyl adjacent to an activating group) is 1. The molecule has 2 rings (SSSR count). The Balaban J connectivity index is 1.96. The lowest BCUT2D eigenvalue weighted by atomic mass is 10.2. The van der Waals surface area contributed by atoms with E-state index in [1.54, 1.807) is 11.3 Å². The SMILES string of the molecule is CC(NCC(c1cccs1)N(C)C)c1cc(Br)cs1. The standard InChI is InChI=1S/C14H19BrN2S2/c1-10(14-7-11(15)9-19-14)16-8-12(17(2)3)13-5-4-6-18-13/h4-7,9-10,12,16H,8H2,1-3H3. The fourth-order valence-corrected chi connectivity index (χ4v) is 4.36. The van der Waals surface area contributed by atoms with E-state index in [0.29, 0.717) is 12.1 Å². The quantitative estimate of drug-likeness (QED) is 0.816. The molecule has 0 aromatic carbocycles. The van der Waals surface area contributed by atoms with Gasteiger partial charge in [-0.3, -0.25) is 0 Å². The fraction of sp³-hybridized carbons (Fsp3) is 0.429. The Kier molecular flexibility index (Phi) is 5.59. The number of nitrogens with one attached hydrogen (secondary N) is 1. The van der Waals surface area contributed by atoms with Crippen molar-refractivity contribution in [2.45, 2.75) is 19.0 Å². The van der Waals surface area contributed by atoms with E-state index >= 15 is 0 Å². The van der Waals surface area contributed by atoms with E-state index in [9.17, 15) is 0 Å². The highest BCUT2D eigenvalue weighted by molar-refractivity contribution is 9.10. The number of halogens is 1. The van der Waals surface area contributed by atoms with Crippen molar-refractivity contribution in [2.24, 2.45) is 0 Å². The molecule has 2 nitrogen and oxygen atoms in total. The highest BCUT2D eigenvalue weighted by Crippen LogP contribution is 2.27. The van der Waals surface area contributed by atoms with Crippen molar-refractivity contribution >= 4 is 38.6 Å². The summed E-state index contributed by atoms with van der Waals surface area (Å²) in [7, 11) is 4.27. The Bertz CT molecular complexity index is 493. The molecular formula is C14H19BrN2S2. The molecule has 0 fully saturated rings. The summed E-state index contributed by atoms with van der Waals surface area (Å²) in [5.41, 5.74) is 0. The molecule has 0 bridgehead atoms. The van der Waals surface area contributed by atoms with Crippen LogP contribution in [0.2, 0.25) is 0 Å². The van der Waals surface area contributed by atoms with E-state index in [1.807, 2.05) is 11.3 Å². The summed E-state index contributed by atoms with van der Waals surface area (Å²) in [6, 6.07) is 7.35. The molecule has 0 aliphatic rings. The van der Waals surface area contributed by atoms with Crippen molar-refractivity contribution in [3.63, 3.8) is 0 Å². The molecule has 0 aliphatic heterocycles. The van der Waals surface area contributed by atoms with Crippen molar-refractivity contribution in [3.05, 3.63) is 43.2 Å². The maximum atomic E-state index is 3.64. The zero-order valence-corrected chi connectivity index (χ0v) is 14.6. The van der Waals surface area contributed by atoms with Gasteiger partial charge in [0.25, 0.3) is 0 Å². The molecule has 5 heteroatoms. The predicted octanol–water partition coefficient (Wildman–Crippen LogP) is 4.53. The minimum atomic E-state index is 0.388. The Morgan fingerprint density at radius 1 is 1.32 bits per heavy atom. The molecule has 0 radical (unpaired) electrons. The second kappa shape index (κ2) is 6.99. The first kappa shape index (κ1) is 15.2. The summed E-state index contributed by atoms with van der Waals surface area (Å²) in [5.74, 6) is 0. The third kappa shape index (κ3) is 4.13. The Morgan fingerprint density at radius 3 is 2.63 bits per heavy atom. The highest BCUT2D eigenvalue weighted by Gasteiger charge is 2.16. The minimum Gasteiger partial charge on any atom is -0.308 e. The van der Waals surface area contributed by atoms with Crippen LogP contribution in [-0.4, -0.2) is 25.5 Å². The van der Waals surface area contributed by atoms with Crippen molar-refractivity contribution < 1.29 is 0 Å². The summed E-state index contributed by atoms with van der Waals surface area (Å²) in [5, 5.41) is 7.92. The van der Waals surface area contributed by atoms with Gasteiger partial charge in [-0.1, -0.05) is 6.07 Å². The molecule has 0 saturated carbocycles. The number of hydrogen-bond donors (Lipinski definition) is 1. The summed E-state index contributed by atoms with van der Waals surface area (Å²) in [6.45, 7) is 3.18. The second-order valence-corrected chi connectivity index (χ2v) is 7.63. The van der Waals surface area contributed by atoms with E-state index in [2.05, 4.69) is 76.1 Å². The highest BCUT2D eigenvalue weighted by atomic mass is 79.9. The molecule has 0 spiro atoms. The van der Waals surface area contributed by atoms with Crippen LogP contribution in [0.5, 0.6) is 0 Å². The van der Waals surface area contributed by atoms with E-state index in [0.717, 1.165) is 6.54 Å². The van der Waals surface area contributed by atoms with Crippen molar-refractivity contribution in [2.75, 3.05) is 20.6 Å². The van der Waals surface area contributed by atoms with Crippen LogP contribution in [0.1, 0.15) is 28.8 Å². The monoisotopic (exact) mass is 358 g/mol. The lowest BCUT2D eigenvalue weighted by molar-refractivity contribution is 0.286. The first-order valence-electron chi connectivity index (χ1n) is 6.25. The van der Waals surface area contributed by atoms with Crippen LogP contribution in [0, 0.1) is 0 Å². The maximum Gasteiger partial charge on any atom is 0.0561 e. The molecule has 104 valence electrons. The van der Waals surface area contributed by atoms with Crippen LogP contribution < -0.4 is 5.32 Å². The van der Waals surface area contributed by atoms with E-state index < -0.39 is 0 Å². The van der Waals surface area contributed by atoms with Gasteiger partial charge in [0.05, 0.1) is 6.04 Å². The molecule has 19 heavy (non-hydrogen) atoms. The number of thiophene rings is 2. The van der Waals surface area contributed by atoms with Crippen molar-refractivity contribution in [1.82, 2.24) is 10.2 Å². The van der Waals surface area contributed by atoms with E-state index in [-0.39, 0.29) is 0 Å². The molecule has 0 aliphatic carbocycles. The lowest BCUT2D eigenvalue weighted by Gasteiger charge is -2.25. The zero-order chi connectivity index (χ0) is 13.8. The second-order valence-electron chi connectivity index (χ2n) is 4.79. The fourth-order valence-electron chi connectivity index (χ4n) is 1.96. The predicted molar refractivity (Wildman–Crippen MR) is 89.2 cm³/mol. The van der Waals surface area contributed by atoms with Crippen LogP contribution in [0.25, 0.3) is 0 Å². The first-order chi connectivity index (χ1) is 9.08. The third-order valence-corrected chi connectivity index (χ3v) is 5.98. The average molecular weight is 359 g/mol. The van der Waals surface area contributed by atoms with Gasteiger partial charge in [-0.2, -0.15) is 0 Å². The topological polar surface area (TPSA) is 15.3 Å². The summed E-state index contributed by atoms with van der Waals surface area (Å²) in [6.07, 6.45) is 0. The Labute approximate surface area is 131 Å². The van der Waals surface area contributed by atoms with Crippen LogP contribution in [0.4, 0.5) is 0 Å². The van der Waals surface area contributed by atoms with Gasteiger partial charge in [0.1, 0.15) is 0 Å². The third-order valence-electron chi connectivity index (χ3n) is 3.13. The van der Waals surface area contributed by atoms with Gasteiger partial charge in [0, 0.05) is 32.2 Å². The first-order valence-corrected chi connectivity index (χ1v) is 8.80. The summed E-state index contributed by atoms with van der Waals surface area (Å²) in [4.78, 5) is 5.06. The molecule has 2 unspecified atom stereocenters. The van der Waals surface area contributed by atoms with Gasteiger partial charge < -0.3 is 10.2 Å². The number of hydrogen-bond acceptors (Lipinski definition) is 4. The van der Waals surface area contributed by atoms with Crippen LogP contribution in [0.15, 0.2) is 33.4 Å². The average Bonchev–Trinajstić information content (AvgIpc) is 3.00. The minimum absolute atomic E-state index is 0.388. The van der Waals surface area contributed by atoms with Crippen molar-refractivity contribution in [3.8, 4) is 0 Å². The molecule has 2 aromatic heterocycles. The van der Waals surface area contributed by atoms with E-state index in [4.69, 9.17) is 0 Å². The molecule has 0 amide bonds. The molecule has 1 N–H and O–H groups in total. The largest absolute Gasteiger partial charge is 0.308 e. The van der Waals surface area contributed by atoms with Crippen molar-refractivity contribution in [1.29, 1.82) is 0 Å². The Hall–Kier alpha value is -0.200. The van der Waals surface area contributed by atoms with Crippen LogP contribution >= 0.6 is 38.6 Å². The molecule has 2 atom stereocenters. The van der Waals surface area contributed by atoms with Gasteiger partial charge >= 0.3 is 0 Å². The van der Waals surface area contributed by atoms with Gasteiger partial charge in [-0.25, -0.2) is 0 Å². The number of nitrogens with zero attached hydrogens (tertiary/aromatic N) is 1. The Morgan fingerprint density at radius 2 is 2.11 bits per heavy atom. The van der Waals surface area contributed by atoms with Gasteiger partial charge in [-0.05, 0) is 54.5 Å². The smallest absolute Gasteiger partial charge is 0.0561 e. The maximum absolute atomic E-state index is 3.64. The molecule has 2 heterocycles. The van der Waals surface area contributed by atoms with Crippen LogP contribution in [0.3, 0.4) is 0 Å². The summed E-state index contributed by atoms with van der Waals surface area (Å²) < 4.78 is 1.17. The molecular weight excluding hydrogens is 340 g/mol. The van der Waals surface area contributed by atoms with Gasteiger partial charge in [-0.15, -0.1) is 22.7 Å². The van der Waals surface area contributed by atoms with Gasteiger partial charge in [0.15, 0.2) is 0 Å². The van der Waals surface area contributed by atoms with Gasteiger partial charge in [0.2, 0.25) is 0 Å². The zero-order valence-electron chi connectivity index (χ0n) is 11.4. The molecule has 2 aromatic rings. The van der Waals surface area contributed by atoms with Crippen LogP contribution in [-0.2, 0) is 0 Å². The summed E-state index contributed by atoms with van der Waals surface area (Å²) >= 11 is 7.13.